The average Bonchev–Trinajstić information content (AvgIpc) is 3.36. The molecule has 2 heterocycles. The molecule has 1 aliphatic rings. The maximum atomic E-state index is 13.0. The van der Waals surface area contributed by atoms with Crippen molar-refractivity contribution < 1.29 is 24.8 Å². The van der Waals surface area contributed by atoms with E-state index in [1.807, 2.05) is 53.1 Å². The lowest BCUT2D eigenvalue weighted by Crippen LogP contribution is -2.46. The van der Waals surface area contributed by atoms with E-state index in [-0.39, 0.29) is 27.7 Å². The second-order valence-corrected chi connectivity index (χ2v) is 10.2. The topological polar surface area (TPSA) is 92.0 Å². The summed E-state index contributed by atoms with van der Waals surface area (Å²) in [6.45, 7) is 2.24. The van der Waals surface area contributed by atoms with E-state index >= 15 is 0 Å². The van der Waals surface area contributed by atoms with Gasteiger partial charge in [0, 0.05) is 42.9 Å². The van der Waals surface area contributed by atoms with Gasteiger partial charge in [-0.3, -0.25) is 0 Å². The van der Waals surface area contributed by atoms with Crippen molar-refractivity contribution in [2.45, 2.75) is 37.3 Å². The number of hydrogen-bond acceptors (Lipinski definition) is 5. The zero-order valence-electron chi connectivity index (χ0n) is 17.0. The number of aliphatic hydroxyl groups excluding tert-OH is 2. The Kier molecular flexibility index (Phi) is 6.13. The second-order valence-electron chi connectivity index (χ2n) is 8.00. The Labute approximate surface area is 178 Å². The number of para-hydroxylation sites is 2. The Morgan fingerprint density at radius 3 is 2.23 bits per heavy atom. The maximum absolute atomic E-state index is 13.0. The molecule has 1 fully saturated rings. The standard InChI is InChI=1S/C22H28N2O5S.H2/c1-16(25)12-23(30(27,28)18-10-11-29-15-18)13-17(26)14-24-21-8-4-2-6-19(21)20-7-3-5-9-22(20)24;/h2-9,16-18,25-26H,10-15H2,1H3;1H. The Balaban J connectivity index is 0.00000272. The minimum Gasteiger partial charge on any atom is -0.392 e. The van der Waals surface area contributed by atoms with E-state index in [2.05, 4.69) is 0 Å². The molecule has 2 N–H and O–H groups in total. The van der Waals surface area contributed by atoms with E-state index in [9.17, 15) is 18.6 Å². The lowest BCUT2D eigenvalue weighted by Gasteiger charge is -2.28. The first kappa shape index (κ1) is 21.3. The highest BCUT2D eigenvalue weighted by molar-refractivity contribution is 7.89. The van der Waals surface area contributed by atoms with Crippen LogP contribution in [0.5, 0.6) is 0 Å². The van der Waals surface area contributed by atoms with Gasteiger partial charge in [-0.05, 0) is 25.5 Å². The summed E-state index contributed by atoms with van der Waals surface area (Å²) in [6, 6.07) is 16.0. The van der Waals surface area contributed by atoms with Crippen LogP contribution in [0.4, 0.5) is 0 Å². The van der Waals surface area contributed by atoms with E-state index in [0.29, 0.717) is 13.0 Å². The highest BCUT2D eigenvalue weighted by Gasteiger charge is 2.36. The van der Waals surface area contributed by atoms with Gasteiger partial charge in [-0.15, -0.1) is 0 Å². The van der Waals surface area contributed by atoms with Crippen LogP contribution in [0, 0.1) is 0 Å². The fourth-order valence-electron chi connectivity index (χ4n) is 4.24. The van der Waals surface area contributed by atoms with Crippen LogP contribution in [0.15, 0.2) is 48.5 Å². The van der Waals surface area contributed by atoms with Crippen molar-refractivity contribution in [3.8, 4) is 0 Å². The van der Waals surface area contributed by atoms with Gasteiger partial charge in [0.1, 0.15) is 5.25 Å². The quantitative estimate of drug-likeness (QED) is 0.567. The third kappa shape index (κ3) is 4.10. The minimum absolute atomic E-state index is 0. The van der Waals surface area contributed by atoms with Crippen molar-refractivity contribution in [3.05, 3.63) is 48.5 Å². The zero-order chi connectivity index (χ0) is 21.3. The van der Waals surface area contributed by atoms with Gasteiger partial charge in [0.25, 0.3) is 0 Å². The molecule has 1 saturated heterocycles. The van der Waals surface area contributed by atoms with Gasteiger partial charge >= 0.3 is 0 Å². The highest BCUT2D eigenvalue weighted by Crippen LogP contribution is 2.29. The molecular formula is C22H30N2O5S. The normalized spacial score (nSPS) is 19.7. The molecular weight excluding hydrogens is 404 g/mol. The Morgan fingerprint density at radius 1 is 1.10 bits per heavy atom. The Bertz CT molecular complexity index is 1070. The number of aromatic nitrogens is 1. The molecule has 0 aliphatic carbocycles. The summed E-state index contributed by atoms with van der Waals surface area (Å²) in [6.07, 6.45) is -1.33. The third-order valence-electron chi connectivity index (χ3n) is 5.62. The van der Waals surface area contributed by atoms with Crippen molar-refractivity contribution in [3.63, 3.8) is 0 Å². The number of fused-ring (bicyclic) bond motifs is 3. The SMILES string of the molecule is CC(O)CN(CC(O)Cn1c2ccccc2c2ccccc21)S(=O)(=O)C1CCOC1.[HH]. The largest absolute Gasteiger partial charge is 0.392 e. The van der Waals surface area contributed by atoms with Gasteiger partial charge in [-0.25, -0.2) is 8.42 Å². The molecule has 0 bridgehead atoms. The molecule has 30 heavy (non-hydrogen) atoms. The first-order valence-corrected chi connectivity index (χ1v) is 11.8. The predicted octanol–water partition coefficient (Wildman–Crippen LogP) is 2.20. The zero-order valence-corrected chi connectivity index (χ0v) is 17.8. The molecule has 0 spiro atoms. The third-order valence-corrected chi connectivity index (χ3v) is 7.86. The number of nitrogens with zero attached hydrogens (tertiary/aromatic N) is 2. The second kappa shape index (κ2) is 8.64. The molecule has 164 valence electrons. The van der Waals surface area contributed by atoms with Crippen LogP contribution in [0.3, 0.4) is 0 Å². The fraction of sp³-hybridized carbons (Fsp3) is 0.455. The molecule has 0 saturated carbocycles. The molecule has 4 rings (SSSR count). The van der Waals surface area contributed by atoms with Crippen molar-refractivity contribution in [1.82, 2.24) is 8.87 Å². The summed E-state index contributed by atoms with van der Waals surface area (Å²) in [4.78, 5) is 0. The molecule has 3 atom stereocenters. The number of sulfonamides is 1. The smallest absolute Gasteiger partial charge is 0.219 e. The van der Waals surface area contributed by atoms with Crippen LogP contribution in [0.25, 0.3) is 21.8 Å². The summed E-state index contributed by atoms with van der Waals surface area (Å²) in [5.41, 5.74) is 1.98. The molecule has 0 amide bonds. The summed E-state index contributed by atoms with van der Waals surface area (Å²) >= 11 is 0. The summed E-state index contributed by atoms with van der Waals surface area (Å²) in [7, 11) is -3.68. The monoisotopic (exact) mass is 434 g/mol. The summed E-state index contributed by atoms with van der Waals surface area (Å²) in [5.74, 6) is 0. The van der Waals surface area contributed by atoms with Crippen LogP contribution in [0.2, 0.25) is 0 Å². The van der Waals surface area contributed by atoms with Crippen molar-refractivity contribution in [2.75, 3.05) is 26.3 Å². The number of rotatable bonds is 8. The average molecular weight is 435 g/mol. The summed E-state index contributed by atoms with van der Waals surface area (Å²) < 4.78 is 34.6. The van der Waals surface area contributed by atoms with Gasteiger partial charge in [-0.2, -0.15) is 4.31 Å². The van der Waals surface area contributed by atoms with Crippen molar-refractivity contribution in [2.24, 2.45) is 0 Å². The van der Waals surface area contributed by atoms with Crippen molar-refractivity contribution in [1.29, 1.82) is 0 Å². The number of benzene rings is 2. The number of ether oxygens (including phenoxy) is 1. The first-order valence-electron chi connectivity index (χ1n) is 10.3. The van der Waals surface area contributed by atoms with Crippen LogP contribution in [0.1, 0.15) is 14.8 Å². The maximum Gasteiger partial charge on any atom is 0.219 e. The molecule has 8 heteroatoms. The van der Waals surface area contributed by atoms with Crippen LogP contribution >= 0.6 is 0 Å². The minimum atomic E-state index is -3.68. The van der Waals surface area contributed by atoms with Gasteiger partial charge in [0.2, 0.25) is 10.0 Å². The van der Waals surface area contributed by atoms with Gasteiger partial charge in [0.15, 0.2) is 0 Å². The fourth-order valence-corrected chi connectivity index (χ4v) is 6.13. The van der Waals surface area contributed by atoms with E-state index in [1.54, 1.807) is 6.92 Å². The number of hydrogen-bond donors (Lipinski definition) is 2. The molecule has 1 aliphatic heterocycles. The molecule has 7 nitrogen and oxygen atoms in total. The summed E-state index contributed by atoms with van der Waals surface area (Å²) in [5, 5.41) is 22.3. The van der Waals surface area contributed by atoms with E-state index in [0.717, 1.165) is 21.8 Å². The van der Waals surface area contributed by atoms with Gasteiger partial charge < -0.3 is 19.5 Å². The number of aliphatic hydroxyl groups is 2. The Hall–Kier alpha value is -1.97. The predicted molar refractivity (Wildman–Crippen MR) is 119 cm³/mol. The lowest BCUT2D eigenvalue weighted by molar-refractivity contribution is 0.105. The van der Waals surface area contributed by atoms with Crippen LogP contribution in [-0.2, 0) is 21.3 Å². The van der Waals surface area contributed by atoms with Crippen LogP contribution < -0.4 is 0 Å². The van der Waals surface area contributed by atoms with E-state index in [1.165, 1.54) is 4.31 Å². The molecule has 3 aromatic rings. The molecule has 2 aromatic carbocycles. The molecule has 0 radical (unpaired) electrons. The van der Waals surface area contributed by atoms with Gasteiger partial charge in [-0.1, -0.05) is 36.4 Å². The Morgan fingerprint density at radius 2 is 1.70 bits per heavy atom. The van der Waals surface area contributed by atoms with E-state index in [4.69, 9.17) is 4.74 Å². The van der Waals surface area contributed by atoms with E-state index < -0.39 is 27.5 Å². The highest BCUT2D eigenvalue weighted by atomic mass is 32.2. The lowest BCUT2D eigenvalue weighted by atomic mass is 10.2. The molecule has 3 unspecified atom stereocenters. The van der Waals surface area contributed by atoms with Gasteiger partial charge in [0.05, 0.1) is 25.4 Å². The first-order chi connectivity index (χ1) is 14.4. The van der Waals surface area contributed by atoms with Crippen LogP contribution in [-0.4, -0.2) is 71.3 Å². The van der Waals surface area contributed by atoms with Crippen molar-refractivity contribution >= 4 is 31.8 Å². The molecule has 1 aromatic heterocycles.